The first-order valence-electron chi connectivity index (χ1n) is 11.9. The second-order valence-electron chi connectivity index (χ2n) is 8.91. The predicted molar refractivity (Wildman–Crippen MR) is 144 cm³/mol. The molecule has 3 heterocycles. The third-order valence-electron chi connectivity index (χ3n) is 6.73. The Balaban J connectivity index is 1.64. The molecule has 0 amide bonds. The van der Waals surface area contributed by atoms with Gasteiger partial charge < -0.3 is 19.5 Å². The smallest absolute Gasteiger partial charge is 0.339 e. The number of aromatic nitrogens is 2. The van der Waals surface area contributed by atoms with Crippen LogP contribution in [0, 0.1) is 13.8 Å². The van der Waals surface area contributed by atoms with E-state index in [-0.39, 0.29) is 18.1 Å². The van der Waals surface area contributed by atoms with Crippen molar-refractivity contribution in [3.05, 3.63) is 119 Å². The number of carbonyl (C=O) groups is 1. The fraction of sp³-hybridized carbons (Fsp3) is 0.207. The highest BCUT2D eigenvalue weighted by Gasteiger charge is 2.41. The van der Waals surface area contributed by atoms with E-state index < -0.39 is 0 Å². The molecule has 0 spiro atoms. The fourth-order valence-corrected chi connectivity index (χ4v) is 5.41. The van der Waals surface area contributed by atoms with Crippen LogP contribution in [0.25, 0.3) is 5.69 Å². The van der Waals surface area contributed by atoms with Gasteiger partial charge in [0.15, 0.2) is 5.11 Å². The zero-order valence-electron chi connectivity index (χ0n) is 20.5. The van der Waals surface area contributed by atoms with Crippen LogP contribution in [-0.4, -0.2) is 32.6 Å². The van der Waals surface area contributed by atoms with Gasteiger partial charge in [-0.05, 0) is 67.5 Å². The van der Waals surface area contributed by atoms with Crippen molar-refractivity contribution in [1.82, 2.24) is 19.8 Å². The number of aryl methyl sites for hydroxylation is 1. The maximum absolute atomic E-state index is 12.5. The molecule has 0 radical (unpaired) electrons. The SMILES string of the molecule is COC(=O)c1ccccc1-n1c(C)cc([C@H]2[C@H](c3ccccn3)NC(=S)N2Cc2ccccc2)c1C. The summed E-state index contributed by atoms with van der Waals surface area (Å²) in [5.74, 6) is -0.361. The summed E-state index contributed by atoms with van der Waals surface area (Å²) in [7, 11) is 1.41. The molecule has 0 aliphatic carbocycles. The van der Waals surface area contributed by atoms with Crippen molar-refractivity contribution in [2.24, 2.45) is 0 Å². The molecule has 5 rings (SSSR count). The first-order valence-corrected chi connectivity index (χ1v) is 12.3. The molecule has 2 aromatic carbocycles. The monoisotopic (exact) mass is 496 g/mol. The normalized spacial score (nSPS) is 17.2. The van der Waals surface area contributed by atoms with Gasteiger partial charge in [-0.25, -0.2) is 4.79 Å². The summed E-state index contributed by atoms with van der Waals surface area (Å²) in [5.41, 5.74) is 6.62. The average Bonchev–Trinajstić information content (AvgIpc) is 3.39. The van der Waals surface area contributed by atoms with E-state index in [0.717, 1.165) is 28.3 Å². The predicted octanol–water partition coefficient (Wildman–Crippen LogP) is 5.45. The Labute approximate surface area is 216 Å². The van der Waals surface area contributed by atoms with Crippen LogP contribution in [0.1, 0.15) is 50.7 Å². The van der Waals surface area contributed by atoms with Crippen molar-refractivity contribution in [3.63, 3.8) is 0 Å². The summed E-state index contributed by atoms with van der Waals surface area (Å²) in [4.78, 5) is 19.4. The van der Waals surface area contributed by atoms with Gasteiger partial charge in [0.25, 0.3) is 0 Å². The van der Waals surface area contributed by atoms with Gasteiger partial charge in [0.2, 0.25) is 0 Å². The van der Waals surface area contributed by atoms with Gasteiger partial charge in [-0.15, -0.1) is 0 Å². The largest absolute Gasteiger partial charge is 0.465 e. The minimum Gasteiger partial charge on any atom is -0.465 e. The van der Waals surface area contributed by atoms with E-state index in [9.17, 15) is 4.79 Å². The number of nitrogens with zero attached hydrogens (tertiary/aromatic N) is 3. The van der Waals surface area contributed by atoms with E-state index in [4.69, 9.17) is 17.0 Å². The molecule has 1 fully saturated rings. The number of hydrogen-bond donors (Lipinski definition) is 1. The van der Waals surface area contributed by atoms with Crippen molar-refractivity contribution in [1.29, 1.82) is 0 Å². The van der Waals surface area contributed by atoms with E-state index in [1.807, 2.05) is 60.8 Å². The second-order valence-corrected chi connectivity index (χ2v) is 9.30. The lowest BCUT2D eigenvalue weighted by atomic mass is 9.96. The van der Waals surface area contributed by atoms with Gasteiger partial charge in [-0.1, -0.05) is 48.5 Å². The molecule has 2 aromatic heterocycles. The summed E-state index contributed by atoms with van der Waals surface area (Å²) in [6, 6.07) is 25.8. The van der Waals surface area contributed by atoms with Crippen LogP contribution in [0.5, 0.6) is 0 Å². The molecular weight excluding hydrogens is 468 g/mol. The Hall–Kier alpha value is -3.97. The summed E-state index contributed by atoms with van der Waals surface area (Å²) >= 11 is 5.86. The van der Waals surface area contributed by atoms with Crippen LogP contribution in [0.15, 0.2) is 85.1 Å². The van der Waals surface area contributed by atoms with Crippen LogP contribution in [0.4, 0.5) is 0 Å². The highest BCUT2D eigenvalue weighted by molar-refractivity contribution is 7.80. The quantitative estimate of drug-likeness (QED) is 0.283. The number of para-hydroxylation sites is 1. The lowest BCUT2D eigenvalue weighted by molar-refractivity contribution is 0.0600. The first-order chi connectivity index (χ1) is 17.5. The number of methoxy groups -OCH3 is 1. The number of thiocarbonyl (C=S) groups is 1. The Bertz CT molecular complexity index is 1400. The Morgan fingerprint density at radius 2 is 1.75 bits per heavy atom. The van der Waals surface area contributed by atoms with Gasteiger partial charge in [0, 0.05) is 24.1 Å². The van der Waals surface area contributed by atoms with Gasteiger partial charge in [0.05, 0.1) is 36.1 Å². The Morgan fingerprint density at radius 3 is 2.47 bits per heavy atom. The zero-order chi connectivity index (χ0) is 25.2. The molecule has 0 unspecified atom stereocenters. The Morgan fingerprint density at radius 1 is 1.03 bits per heavy atom. The summed E-state index contributed by atoms with van der Waals surface area (Å²) in [6.45, 7) is 4.82. The zero-order valence-corrected chi connectivity index (χ0v) is 21.3. The van der Waals surface area contributed by atoms with Crippen molar-refractivity contribution in [2.45, 2.75) is 32.5 Å². The molecule has 4 aromatic rings. The maximum atomic E-state index is 12.5. The van der Waals surface area contributed by atoms with E-state index in [1.54, 1.807) is 6.07 Å². The molecule has 0 bridgehead atoms. The fourth-order valence-electron chi connectivity index (χ4n) is 5.10. The molecule has 1 saturated heterocycles. The number of benzene rings is 2. The molecule has 2 atom stereocenters. The highest BCUT2D eigenvalue weighted by atomic mass is 32.1. The van der Waals surface area contributed by atoms with Gasteiger partial charge in [0.1, 0.15) is 0 Å². The van der Waals surface area contributed by atoms with E-state index in [1.165, 1.54) is 12.7 Å². The minimum atomic E-state index is -0.361. The van der Waals surface area contributed by atoms with Crippen LogP contribution < -0.4 is 5.32 Å². The standard InChI is InChI=1S/C29H28N4O2S/c1-19-17-23(20(2)33(19)25-15-8-7-13-22(25)28(34)35-3)27-26(24-14-9-10-16-30-24)31-29(36)32(27)18-21-11-5-4-6-12-21/h4-17,26-27H,18H2,1-3H3,(H,31,36)/t26-,27-/m0/s1. The Kier molecular flexibility index (Phi) is 6.57. The van der Waals surface area contributed by atoms with Crippen LogP contribution >= 0.6 is 12.2 Å². The summed E-state index contributed by atoms with van der Waals surface area (Å²) in [6.07, 6.45) is 1.81. The van der Waals surface area contributed by atoms with Gasteiger partial charge >= 0.3 is 5.97 Å². The number of esters is 1. The third kappa shape index (κ3) is 4.27. The molecule has 1 aliphatic rings. The summed E-state index contributed by atoms with van der Waals surface area (Å²) in [5, 5.41) is 4.23. The number of ether oxygens (including phenoxy) is 1. The third-order valence-corrected chi connectivity index (χ3v) is 7.09. The van der Waals surface area contributed by atoms with E-state index >= 15 is 0 Å². The molecule has 1 aliphatic heterocycles. The second kappa shape index (κ2) is 9.95. The minimum absolute atomic E-state index is 0.0853. The van der Waals surface area contributed by atoms with Crippen LogP contribution in [0.2, 0.25) is 0 Å². The van der Waals surface area contributed by atoms with Crippen LogP contribution in [-0.2, 0) is 11.3 Å². The summed E-state index contributed by atoms with van der Waals surface area (Å²) < 4.78 is 7.19. The first kappa shape index (κ1) is 23.8. The van der Waals surface area contributed by atoms with Crippen LogP contribution in [0.3, 0.4) is 0 Å². The molecule has 0 saturated carbocycles. The van der Waals surface area contributed by atoms with Crippen molar-refractivity contribution in [3.8, 4) is 5.69 Å². The molecule has 7 heteroatoms. The van der Waals surface area contributed by atoms with Crippen molar-refractivity contribution in [2.75, 3.05) is 7.11 Å². The molecular formula is C29H28N4O2S. The maximum Gasteiger partial charge on any atom is 0.339 e. The van der Waals surface area contributed by atoms with E-state index in [0.29, 0.717) is 17.2 Å². The number of hydrogen-bond acceptors (Lipinski definition) is 4. The number of pyridine rings is 1. The molecule has 182 valence electrons. The lowest BCUT2D eigenvalue weighted by Crippen LogP contribution is -2.29. The lowest BCUT2D eigenvalue weighted by Gasteiger charge is -2.28. The molecule has 6 nitrogen and oxygen atoms in total. The average molecular weight is 497 g/mol. The number of rotatable bonds is 6. The van der Waals surface area contributed by atoms with Gasteiger partial charge in [-0.3, -0.25) is 4.98 Å². The highest BCUT2D eigenvalue weighted by Crippen LogP contribution is 2.42. The topological polar surface area (TPSA) is 59.4 Å². The van der Waals surface area contributed by atoms with Gasteiger partial charge in [-0.2, -0.15) is 0 Å². The van der Waals surface area contributed by atoms with E-state index in [2.05, 4.69) is 51.8 Å². The molecule has 36 heavy (non-hydrogen) atoms. The van der Waals surface area contributed by atoms with Crippen molar-refractivity contribution >= 4 is 23.3 Å². The number of nitrogens with one attached hydrogen (secondary N) is 1. The number of carbonyl (C=O) groups excluding carboxylic acids is 1. The van der Waals surface area contributed by atoms with Crippen molar-refractivity contribution < 1.29 is 9.53 Å². The molecule has 1 N–H and O–H groups in total.